The van der Waals surface area contributed by atoms with Crippen molar-refractivity contribution in [3.8, 4) is 33.4 Å². The maximum Gasteiger partial charge on any atom is 0.146 e. The molecular weight excluding hydrogens is 631 g/mol. The van der Waals surface area contributed by atoms with Crippen LogP contribution < -0.4 is 4.90 Å². The summed E-state index contributed by atoms with van der Waals surface area (Å²) in [5, 5.41) is 3.56. The van der Waals surface area contributed by atoms with Crippen LogP contribution in [0.5, 0.6) is 0 Å². The molecule has 0 bridgehead atoms. The van der Waals surface area contributed by atoms with Crippen LogP contribution >= 0.6 is 0 Å². The van der Waals surface area contributed by atoms with Crippen LogP contribution in [0.2, 0.25) is 0 Å². The highest BCUT2D eigenvalue weighted by Crippen LogP contribution is 2.40. The van der Waals surface area contributed by atoms with Crippen LogP contribution in [-0.2, 0) is 0 Å². The Morgan fingerprint density at radius 3 is 1.52 bits per heavy atom. The molecule has 8 aromatic carbocycles. The summed E-state index contributed by atoms with van der Waals surface area (Å²) < 4.78 is 2.30. The Hall–Kier alpha value is -6.97. The molecule has 244 valence electrons. The van der Waals surface area contributed by atoms with Crippen LogP contribution in [0.3, 0.4) is 0 Å². The predicted molar refractivity (Wildman–Crippen MR) is 219 cm³/mol. The second-order valence-electron chi connectivity index (χ2n) is 13.2. The fourth-order valence-electron chi connectivity index (χ4n) is 7.63. The topological polar surface area (TPSA) is 20.5 Å². The number of imidazole rings is 1. The van der Waals surface area contributed by atoms with Gasteiger partial charge >= 0.3 is 0 Å². The zero-order valence-corrected chi connectivity index (χ0v) is 28.4. The van der Waals surface area contributed by atoms with Crippen LogP contribution in [0.1, 0.15) is 0 Å². The summed E-state index contributed by atoms with van der Waals surface area (Å²) in [6, 6.07) is 71.6. The molecule has 0 fully saturated rings. The van der Waals surface area contributed by atoms with Gasteiger partial charge in [0.15, 0.2) is 0 Å². The van der Waals surface area contributed by atoms with Gasteiger partial charge in [0.25, 0.3) is 0 Å². The van der Waals surface area contributed by atoms with Gasteiger partial charge in [-0.3, -0.25) is 4.40 Å². The Morgan fingerprint density at radius 1 is 0.327 bits per heavy atom. The molecule has 0 saturated heterocycles. The molecule has 0 spiro atoms. The molecule has 0 aliphatic rings. The second-order valence-corrected chi connectivity index (χ2v) is 13.2. The van der Waals surface area contributed by atoms with E-state index in [1.165, 1.54) is 38.6 Å². The summed E-state index contributed by atoms with van der Waals surface area (Å²) in [7, 11) is 0. The van der Waals surface area contributed by atoms with E-state index in [2.05, 4.69) is 209 Å². The molecule has 2 heterocycles. The summed E-state index contributed by atoms with van der Waals surface area (Å²) in [4.78, 5) is 7.46. The van der Waals surface area contributed by atoms with Crippen molar-refractivity contribution in [2.75, 3.05) is 4.90 Å². The molecule has 0 aliphatic heterocycles. The van der Waals surface area contributed by atoms with Gasteiger partial charge in [-0.15, -0.1) is 0 Å². The maximum absolute atomic E-state index is 5.11. The minimum absolute atomic E-state index is 0.985. The molecule has 2 aromatic heterocycles. The van der Waals surface area contributed by atoms with Gasteiger partial charge in [0, 0.05) is 27.8 Å². The molecule has 52 heavy (non-hydrogen) atoms. The van der Waals surface area contributed by atoms with Gasteiger partial charge in [-0.05, 0) is 105 Å². The standard InChI is InChI=1S/C49H33N3/c1-3-12-34(13-4-1)36-22-27-40(28-23-36)51(41-29-24-37(25-30-41)35-14-5-2-6-15-35)42-17-11-16-38(32-42)39-26-31-44-45(33-39)43-18-7-9-20-47(43)52-48-21-10-8-19-46(48)50-49(44)52/h1-33H. The first-order valence-electron chi connectivity index (χ1n) is 17.7. The first kappa shape index (κ1) is 29.9. The number of anilines is 3. The molecule has 10 aromatic rings. The minimum Gasteiger partial charge on any atom is -0.310 e. The van der Waals surface area contributed by atoms with Crippen molar-refractivity contribution in [3.63, 3.8) is 0 Å². The predicted octanol–water partition coefficient (Wildman–Crippen LogP) is 13.3. The van der Waals surface area contributed by atoms with Gasteiger partial charge < -0.3 is 4.90 Å². The highest BCUT2D eigenvalue weighted by atomic mass is 15.1. The third-order valence-corrected chi connectivity index (χ3v) is 10.2. The van der Waals surface area contributed by atoms with E-state index < -0.39 is 0 Å². The first-order chi connectivity index (χ1) is 25.8. The molecule has 3 nitrogen and oxygen atoms in total. The van der Waals surface area contributed by atoms with E-state index >= 15 is 0 Å². The van der Waals surface area contributed by atoms with Crippen molar-refractivity contribution in [1.82, 2.24) is 9.38 Å². The lowest BCUT2D eigenvalue weighted by Gasteiger charge is -2.26. The molecule has 0 radical (unpaired) electrons. The van der Waals surface area contributed by atoms with Gasteiger partial charge in [0.05, 0.1) is 16.6 Å². The van der Waals surface area contributed by atoms with E-state index in [-0.39, 0.29) is 0 Å². The van der Waals surface area contributed by atoms with Gasteiger partial charge in [-0.1, -0.05) is 133 Å². The highest BCUT2D eigenvalue weighted by Gasteiger charge is 2.17. The average Bonchev–Trinajstić information content (AvgIpc) is 3.62. The number of fused-ring (bicyclic) bond motifs is 8. The summed E-state index contributed by atoms with van der Waals surface area (Å²) in [6.45, 7) is 0. The molecule has 0 aliphatic carbocycles. The van der Waals surface area contributed by atoms with E-state index in [0.717, 1.165) is 50.2 Å². The molecule has 0 unspecified atom stereocenters. The number of hydrogen-bond donors (Lipinski definition) is 0. The van der Waals surface area contributed by atoms with Crippen molar-refractivity contribution >= 4 is 55.4 Å². The van der Waals surface area contributed by atoms with Gasteiger partial charge in [0.1, 0.15) is 5.65 Å². The Bertz CT molecular complexity index is 2790. The number of benzene rings is 8. The molecule has 0 amide bonds. The summed E-state index contributed by atoms with van der Waals surface area (Å²) in [5.74, 6) is 0. The van der Waals surface area contributed by atoms with E-state index in [9.17, 15) is 0 Å². The maximum atomic E-state index is 5.11. The zero-order valence-electron chi connectivity index (χ0n) is 28.4. The van der Waals surface area contributed by atoms with Crippen LogP contribution in [0, 0.1) is 0 Å². The lowest BCUT2D eigenvalue weighted by molar-refractivity contribution is 1.28. The summed E-state index contributed by atoms with van der Waals surface area (Å²) >= 11 is 0. The Morgan fingerprint density at radius 2 is 0.846 bits per heavy atom. The van der Waals surface area contributed by atoms with Gasteiger partial charge in [-0.25, -0.2) is 4.98 Å². The highest BCUT2D eigenvalue weighted by molar-refractivity contribution is 6.14. The van der Waals surface area contributed by atoms with Gasteiger partial charge in [-0.2, -0.15) is 0 Å². The average molecular weight is 664 g/mol. The van der Waals surface area contributed by atoms with Crippen molar-refractivity contribution in [2.24, 2.45) is 0 Å². The molecule has 0 atom stereocenters. The largest absolute Gasteiger partial charge is 0.310 e. The Balaban J connectivity index is 1.11. The SMILES string of the molecule is c1ccc(-c2ccc(N(c3ccc(-c4ccccc4)cc3)c3cccc(-c4ccc5c(c4)c4ccccc4n4c6ccccc6nc54)c3)cc2)cc1. The lowest BCUT2D eigenvalue weighted by Crippen LogP contribution is -2.10. The number of para-hydroxylation sites is 3. The number of rotatable bonds is 6. The smallest absolute Gasteiger partial charge is 0.146 e. The molecule has 0 N–H and O–H groups in total. The van der Waals surface area contributed by atoms with E-state index in [1.54, 1.807) is 0 Å². The third-order valence-electron chi connectivity index (χ3n) is 10.2. The molecule has 0 saturated carbocycles. The van der Waals surface area contributed by atoms with Crippen LogP contribution in [0.15, 0.2) is 200 Å². The molecule has 10 rings (SSSR count). The monoisotopic (exact) mass is 663 g/mol. The summed E-state index contributed by atoms with van der Waals surface area (Å²) in [6.07, 6.45) is 0. The number of nitrogens with zero attached hydrogens (tertiary/aromatic N) is 3. The summed E-state index contributed by atoms with van der Waals surface area (Å²) in [5.41, 5.74) is 14.7. The van der Waals surface area contributed by atoms with Crippen LogP contribution in [0.25, 0.3) is 71.7 Å². The Labute approximate surface area is 302 Å². The Kier molecular flexibility index (Phi) is 7.14. The van der Waals surface area contributed by atoms with Crippen molar-refractivity contribution in [2.45, 2.75) is 0 Å². The fourth-order valence-corrected chi connectivity index (χ4v) is 7.63. The molecular formula is C49H33N3. The van der Waals surface area contributed by atoms with E-state index in [4.69, 9.17) is 4.98 Å². The van der Waals surface area contributed by atoms with Crippen LogP contribution in [-0.4, -0.2) is 9.38 Å². The van der Waals surface area contributed by atoms with Crippen molar-refractivity contribution in [3.05, 3.63) is 200 Å². The number of pyridine rings is 1. The fraction of sp³-hybridized carbons (Fsp3) is 0. The zero-order chi connectivity index (χ0) is 34.4. The minimum atomic E-state index is 0.985. The first-order valence-corrected chi connectivity index (χ1v) is 17.7. The number of hydrogen-bond acceptors (Lipinski definition) is 2. The quantitative estimate of drug-likeness (QED) is 0.165. The third kappa shape index (κ3) is 5.10. The van der Waals surface area contributed by atoms with E-state index in [1.807, 2.05) is 0 Å². The van der Waals surface area contributed by atoms with Crippen molar-refractivity contribution in [1.29, 1.82) is 0 Å². The van der Waals surface area contributed by atoms with Gasteiger partial charge in [0.2, 0.25) is 0 Å². The molecule has 3 heteroatoms. The normalized spacial score (nSPS) is 11.5. The number of aromatic nitrogens is 2. The lowest BCUT2D eigenvalue weighted by atomic mass is 9.98. The van der Waals surface area contributed by atoms with Crippen molar-refractivity contribution < 1.29 is 0 Å². The van der Waals surface area contributed by atoms with E-state index in [0.29, 0.717) is 0 Å². The van der Waals surface area contributed by atoms with Crippen LogP contribution in [0.4, 0.5) is 17.1 Å². The second kappa shape index (κ2) is 12.4.